The molecule has 1 aliphatic heterocycles. The molecule has 0 atom stereocenters. The summed E-state index contributed by atoms with van der Waals surface area (Å²) in [6, 6.07) is 16.8. The van der Waals surface area contributed by atoms with Gasteiger partial charge in [-0.1, -0.05) is 36.4 Å². The Labute approximate surface area is 160 Å². The minimum Gasteiger partial charge on any atom is -0.396 e. The Morgan fingerprint density at radius 1 is 0.963 bits per heavy atom. The van der Waals surface area contributed by atoms with Crippen LogP contribution >= 0.6 is 0 Å². The molecular weight excluding hydrogens is 338 g/mol. The quantitative estimate of drug-likeness (QED) is 0.690. The Morgan fingerprint density at radius 2 is 1.74 bits per heavy atom. The Balaban J connectivity index is 1.29. The zero-order valence-corrected chi connectivity index (χ0v) is 15.7. The molecule has 0 aliphatic carbocycles. The van der Waals surface area contributed by atoms with E-state index in [0.717, 1.165) is 62.8 Å². The lowest BCUT2D eigenvalue weighted by Gasteiger charge is -2.41. The molecule has 1 aromatic heterocycles. The monoisotopic (exact) mass is 365 g/mol. The van der Waals surface area contributed by atoms with Crippen LogP contribution in [0.4, 0.5) is 0 Å². The first kappa shape index (κ1) is 18.1. The molecule has 1 N–H and O–H groups in total. The SMILES string of the molecule is OCC1(CCCc2ccccc2)CCN(Cc2ccc3nonc3c2)CC1. The van der Waals surface area contributed by atoms with E-state index in [1.165, 1.54) is 11.1 Å². The maximum atomic E-state index is 10.1. The smallest absolute Gasteiger partial charge is 0.135 e. The zero-order valence-electron chi connectivity index (χ0n) is 15.7. The van der Waals surface area contributed by atoms with Crippen LogP contribution in [0, 0.1) is 5.41 Å². The summed E-state index contributed by atoms with van der Waals surface area (Å²) in [6.07, 6.45) is 5.46. The summed E-state index contributed by atoms with van der Waals surface area (Å²) in [5, 5.41) is 17.9. The Morgan fingerprint density at radius 3 is 2.52 bits per heavy atom. The van der Waals surface area contributed by atoms with Gasteiger partial charge in [-0.25, -0.2) is 4.63 Å². The van der Waals surface area contributed by atoms with E-state index in [0.29, 0.717) is 6.61 Å². The number of aliphatic hydroxyl groups excluding tert-OH is 1. The van der Waals surface area contributed by atoms with E-state index in [1.54, 1.807) is 0 Å². The maximum absolute atomic E-state index is 10.1. The highest BCUT2D eigenvalue weighted by Gasteiger charge is 2.33. The van der Waals surface area contributed by atoms with Gasteiger partial charge in [0.25, 0.3) is 0 Å². The molecule has 5 nitrogen and oxygen atoms in total. The van der Waals surface area contributed by atoms with Crippen molar-refractivity contribution in [3.63, 3.8) is 0 Å². The van der Waals surface area contributed by atoms with E-state index in [-0.39, 0.29) is 5.41 Å². The van der Waals surface area contributed by atoms with Gasteiger partial charge in [0.15, 0.2) is 0 Å². The van der Waals surface area contributed by atoms with Crippen LogP contribution in [0.2, 0.25) is 0 Å². The summed E-state index contributed by atoms with van der Waals surface area (Å²) in [4.78, 5) is 2.47. The molecule has 5 heteroatoms. The fourth-order valence-electron chi connectivity index (χ4n) is 4.17. The molecule has 1 fully saturated rings. The van der Waals surface area contributed by atoms with Crippen molar-refractivity contribution in [2.45, 2.75) is 38.6 Å². The van der Waals surface area contributed by atoms with Crippen molar-refractivity contribution in [1.82, 2.24) is 15.2 Å². The number of aliphatic hydroxyl groups is 1. The van der Waals surface area contributed by atoms with Crippen LogP contribution in [0.1, 0.15) is 36.8 Å². The van der Waals surface area contributed by atoms with Crippen LogP contribution in [-0.4, -0.2) is 40.0 Å². The molecular formula is C22H27N3O2. The van der Waals surface area contributed by atoms with Crippen LogP contribution in [0.15, 0.2) is 53.2 Å². The summed E-state index contributed by atoms with van der Waals surface area (Å²) >= 11 is 0. The standard InChI is InChI=1S/C22H27N3O2/c26-17-22(10-4-7-18-5-2-1-3-6-18)11-13-25(14-12-22)16-19-8-9-20-21(15-19)24-27-23-20/h1-3,5-6,8-9,15,26H,4,7,10-14,16-17H2. The first-order valence-corrected chi connectivity index (χ1v) is 9.85. The van der Waals surface area contributed by atoms with Gasteiger partial charge in [0.1, 0.15) is 11.0 Å². The molecule has 3 aromatic rings. The van der Waals surface area contributed by atoms with E-state index in [2.05, 4.69) is 57.7 Å². The highest BCUT2D eigenvalue weighted by Crippen LogP contribution is 2.36. The number of fused-ring (bicyclic) bond motifs is 1. The van der Waals surface area contributed by atoms with Crippen molar-refractivity contribution in [2.24, 2.45) is 5.41 Å². The number of aryl methyl sites for hydroxylation is 1. The molecule has 1 aliphatic rings. The molecule has 0 radical (unpaired) electrons. The number of benzene rings is 2. The van der Waals surface area contributed by atoms with E-state index in [9.17, 15) is 5.11 Å². The predicted octanol–water partition coefficient (Wildman–Crippen LogP) is 3.82. The Bertz CT molecular complexity index is 854. The third kappa shape index (κ3) is 4.37. The van der Waals surface area contributed by atoms with Crippen LogP contribution in [0.25, 0.3) is 11.0 Å². The number of piperidine rings is 1. The summed E-state index contributed by atoms with van der Waals surface area (Å²) < 4.78 is 4.78. The predicted molar refractivity (Wildman–Crippen MR) is 105 cm³/mol. The van der Waals surface area contributed by atoms with Crippen LogP contribution in [0.5, 0.6) is 0 Å². The van der Waals surface area contributed by atoms with Crippen molar-refractivity contribution >= 4 is 11.0 Å². The second-order valence-electron chi connectivity index (χ2n) is 7.86. The van der Waals surface area contributed by atoms with E-state index < -0.39 is 0 Å². The molecule has 0 amide bonds. The number of nitrogens with zero attached hydrogens (tertiary/aromatic N) is 3. The van der Waals surface area contributed by atoms with Gasteiger partial charge in [-0.3, -0.25) is 4.90 Å². The fraction of sp³-hybridized carbons (Fsp3) is 0.455. The molecule has 27 heavy (non-hydrogen) atoms. The average Bonchev–Trinajstić information content (AvgIpc) is 3.18. The van der Waals surface area contributed by atoms with E-state index in [4.69, 9.17) is 4.63 Å². The van der Waals surface area contributed by atoms with Crippen LogP contribution in [0.3, 0.4) is 0 Å². The molecule has 2 aromatic carbocycles. The highest BCUT2D eigenvalue weighted by atomic mass is 16.6. The number of hydrogen-bond acceptors (Lipinski definition) is 5. The van der Waals surface area contributed by atoms with Gasteiger partial charge in [-0.2, -0.15) is 0 Å². The van der Waals surface area contributed by atoms with Crippen molar-refractivity contribution < 1.29 is 9.74 Å². The number of rotatable bonds is 7. The molecule has 4 rings (SSSR count). The van der Waals surface area contributed by atoms with E-state index in [1.807, 2.05) is 6.07 Å². The summed E-state index contributed by atoms with van der Waals surface area (Å²) in [5.41, 5.74) is 4.33. The third-order valence-electron chi connectivity index (χ3n) is 5.99. The molecule has 2 heterocycles. The first-order chi connectivity index (χ1) is 13.3. The Kier molecular flexibility index (Phi) is 5.50. The van der Waals surface area contributed by atoms with E-state index >= 15 is 0 Å². The van der Waals surface area contributed by atoms with Crippen molar-refractivity contribution in [2.75, 3.05) is 19.7 Å². The summed E-state index contributed by atoms with van der Waals surface area (Å²) in [6.45, 7) is 3.27. The zero-order chi connectivity index (χ0) is 18.5. The molecule has 0 saturated carbocycles. The molecule has 0 spiro atoms. The lowest BCUT2D eigenvalue weighted by molar-refractivity contribution is 0.0330. The van der Waals surface area contributed by atoms with Crippen LogP contribution < -0.4 is 0 Å². The maximum Gasteiger partial charge on any atom is 0.135 e. The van der Waals surface area contributed by atoms with Gasteiger partial charge < -0.3 is 5.11 Å². The van der Waals surface area contributed by atoms with Gasteiger partial charge >= 0.3 is 0 Å². The summed E-state index contributed by atoms with van der Waals surface area (Å²) in [7, 11) is 0. The second kappa shape index (κ2) is 8.19. The minimum atomic E-state index is 0.0886. The lowest BCUT2D eigenvalue weighted by Crippen LogP contribution is -2.41. The molecule has 142 valence electrons. The summed E-state index contributed by atoms with van der Waals surface area (Å²) in [5.74, 6) is 0. The first-order valence-electron chi connectivity index (χ1n) is 9.85. The largest absolute Gasteiger partial charge is 0.396 e. The van der Waals surface area contributed by atoms with Gasteiger partial charge in [-0.05, 0) is 84.2 Å². The van der Waals surface area contributed by atoms with Crippen molar-refractivity contribution in [3.05, 3.63) is 59.7 Å². The minimum absolute atomic E-state index is 0.0886. The van der Waals surface area contributed by atoms with Gasteiger partial charge in [0.05, 0.1) is 0 Å². The molecule has 0 unspecified atom stereocenters. The van der Waals surface area contributed by atoms with Crippen molar-refractivity contribution in [1.29, 1.82) is 0 Å². The second-order valence-corrected chi connectivity index (χ2v) is 7.86. The lowest BCUT2D eigenvalue weighted by atomic mass is 9.75. The van der Waals surface area contributed by atoms with Crippen LogP contribution in [-0.2, 0) is 13.0 Å². The average molecular weight is 365 g/mol. The molecule has 0 bridgehead atoms. The highest BCUT2D eigenvalue weighted by molar-refractivity contribution is 5.73. The topological polar surface area (TPSA) is 62.4 Å². The van der Waals surface area contributed by atoms with Gasteiger partial charge in [-0.15, -0.1) is 0 Å². The normalized spacial score (nSPS) is 17.4. The number of likely N-dealkylation sites (tertiary alicyclic amines) is 1. The van der Waals surface area contributed by atoms with Crippen molar-refractivity contribution in [3.8, 4) is 0 Å². The number of hydrogen-bond donors (Lipinski definition) is 1. The Hall–Kier alpha value is -2.24. The number of aromatic nitrogens is 2. The third-order valence-corrected chi connectivity index (χ3v) is 5.99. The fourth-order valence-corrected chi connectivity index (χ4v) is 4.17. The molecule has 1 saturated heterocycles. The van der Waals surface area contributed by atoms with Gasteiger partial charge in [0.2, 0.25) is 0 Å². The van der Waals surface area contributed by atoms with Gasteiger partial charge in [0, 0.05) is 13.2 Å².